The van der Waals surface area contributed by atoms with E-state index in [9.17, 15) is 19.2 Å². The lowest BCUT2D eigenvalue weighted by atomic mass is 9.83. The number of carbonyl (C=O) groups excluding carboxylic acids is 4. The van der Waals surface area contributed by atoms with Crippen LogP contribution < -0.4 is 10.6 Å². The Labute approximate surface area is 394 Å². The van der Waals surface area contributed by atoms with Crippen molar-refractivity contribution in [2.75, 3.05) is 20.2 Å². The Morgan fingerprint density at radius 2 is 1.49 bits per heavy atom. The molecule has 0 bridgehead atoms. The molecule has 2 aliphatic heterocycles. The van der Waals surface area contributed by atoms with Gasteiger partial charge in [0.2, 0.25) is 17.7 Å². The highest BCUT2D eigenvalue weighted by Crippen LogP contribution is 2.57. The molecule has 67 heavy (non-hydrogen) atoms. The second-order valence-electron chi connectivity index (χ2n) is 19.9. The Balaban J connectivity index is 0.959. The maximum atomic E-state index is 13.9. The summed E-state index contributed by atoms with van der Waals surface area (Å²) in [6, 6.07) is 9.04. The number of nitrogens with zero attached hydrogens (tertiary/aromatic N) is 5. The summed E-state index contributed by atoms with van der Waals surface area (Å²) in [5, 5.41) is 11.0. The van der Waals surface area contributed by atoms with Crippen molar-refractivity contribution in [3.8, 4) is 32.1 Å². The van der Waals surface area contributed by atoms with Crippen LogP contribution in [-0.2, 0) is 32.0 Å². The first-order valence-corrected chi connectivity index (χ1v) is 25.0. The number of amides is 4. The smallest absolute Gasteiger partial charge is 0.407 e. The number of imidazole rings is 2. The SMILES string of the molecule is CCC(=O)N[C@H](C(=O)N1CCC[C@H]1c1ncc(-c2ccc(-c3sc(-c4ccc5nc([C@@H]6CCCN6C(=O)[C@@H](NC(=O)OC)C(C)C)[nH]c5c4)c4c3CC3(CCCC3)C4)c3cnoc23)[nH]1)C(C)C. The minimum Gasteiger partial charge on any atom is -0.453 e. The van der Waals surface area contributed by atoms with Gasteiger partial charge in [-0.3, -0.25) is 14.4 Å². The average molecular weight is 928 g/mol. The van der Waals surface area contributed by atoms with Gasteiger partial charge in [0.05, 0.1) is 53.7 Å². The monoisotopic (exact) mass is 927 g/mol. The van der Waals surface area contributed by atoms with E-state index in [1.165, 1.54) is 53.7 Å². The van der Waals surface area contributed by atoms with Gasteiger partial charge in [-0.1, -0.05) is 64.7 Å². The highest BCUT2D eigenvalue weighted by atomic mass is 32.1. The van der Waals surface area contributed by atoms with Crippen LogP contribution >= 0.6 is 11.3 Å². The number of carbonyl (C=O) groups is 4. The topological polar surface area (TPSA) is 191 Å². The summed E-state index contributed by atoms with van der Waals surface area (Å²) in [6.07, 6.45) is 13.7. The zero-order chi connectivity index (χ0) is 46.7. The van der Waals surface area contributed by atoms with E-state index in [-0.39, 0.29) is 47.1 Å². The molecular formula is C51H61N9O6S. The first kappa shape index (κ1) is 44.8. The molecule has 10 rings (SSSR count). The molecule has 3 fully saturated rings. The van der Waals surface area contributed by atoms with Gasteiger partial charge < -0.3 is 39.7 Å². The highest BCUT2D eigenvalue weighted by Gasteiger charge is 2.44. The molecule has 0 radical (unpaired) electrons. The van der Waals surface area contributed by atoms with Crippen LogP contribution in [0, 0.1) is 17.3 Å². The summed E-state index contributed by atoms with van der Waals surface area (Å²) in [6.45, 7) is 10.8. The Morgan fingerprint density at radius 3 is 2.16 bits per heavy atom. The number of thiophene rings is 1. The summed E-state index contributed by atoms with van der Waals surface area (Å²) >= 11 is 1.84. The number of aromatic amines is 2. The number of likely N-dealkylation sites (tertiary alicyclic amines) is 2. The van der Waals surface area contributed by atoms with Gasteiger partial charge in [-0.15, -0.1) is 11.3 Å². The molecule has 6 aromatic rings. The predicted molar refractivity (Wildman–Crippen MR) is 257 cm³/mol. The van der Waals surface area contributed by atoms with Crippen molar-refractivity contribution in [2.24, 2.45) is 17.3 Å². The van der Waals surface area contributed by atoms with Crippen LogP contribution in [0.25, 0.3) is 54.1 Å². The number of benzene rings is 2. The number of alkyl carbamates (subject to hydrolysis) is 1. The molecule has 4 aliphatic rings. The number of rotatable bonds is 12. The number of methoxy groups -OCH3 is 1. The fourth-order valence-electron chi connectivity index (χ4n) is 11.4. The van der Waals surface area contributed by atoms with Crippen molar-refractivity contribution >= 4 is 57.2 Å². The second-order valence-corrected chi connectivity index (χ2v) is 20.9. The summed E-state index contributed by atoms with van der Waals surface area (Å²) < 4.78 is 10.9. The predicted octanol–water partition coefficient (Wildman–Crippen LogP) is 9.41. The van der Waals surface area contributed by atoms with Crippen LogP contribution in [-0.4, -0.2) is 91.0 Å². The Bertz CT molecular complexity index is 2870. The van der Waals surface area contributed by atoms with E-state index >= 15 is 0 Å². The lowest BCUT2D eigenvalue weighted by Gasteiger charge is -2.30. The lowest BCUT2D eigenvalue weighted by molar-refractivity contribution is -0.138. The number of aromatic nitrogens is 5. The van der Waals surface area contributed by atoms with Crippen LogP contribution in [0.5, 0.6) is 0 Å². The molecule has 4 aromatic heterocycles. The number of nitrogens with one attached hydrogen (secondary N) is 4. The first-order valence-electron chi connectivity index (χ1n) is 24.2. The van der Waals surface area contributed by atoms with Crippen LogP contribution in [0.3, 0.4) is 0 Å². The molecule has 2 saturated heterocycles. The van der Waals surface area contributed by atoms with Crippen molar-refractivity contribution < 1.29 is 28.4 Å². The quantitative estimate of drug-likeness (QED) is 0.0926. The molecule has 4 N–H and O–H groups in total. The van der Waals surface area contributed by atoms with Gasteiger partial charge in [0.1, 0.15) is 23.7 Å². The maximum absolute atomic E-state index is 13.9. The minimum absolute atomic E-state index is 0.0520. The first-order chi connectivity index (χ1) is 32.4. The normalized spacial score (nSPS) is 19.9. The molecular weight excluding hydrogens is 867 g/mol. The van der Waals surface area contributed by atoms with Crippen molar-refractivity contribution in [3.63, 3.8) is 0 Å². The van der Waals surface area contributed by atoms with E-state index in [1.807, 2.05) is 61.2 Å². The Hall–Kier alpha value is -6.03. The largest absolute Gasteiger partial charge is 0.453 e. The third kappa shape index (κ3) is 8.08. The molecule has 2 aromatic carbocycles. The number of H-pyrrole nitrogens is 2. The number of ether oxygens (including phenoxy) is 1. The molecule has 6 heterocycles. The molecule has 2 aliphatic carbocycles. The molecule has 4 amide bonds. The van der Waals surface area contributed by atoms with Crippen LogP contribution in [0.15, 0.2) is 47.2 Å². The minimum atomic E-state index is -0.700. The van der Waals surface area contributed by atoms with Crippen LogP contribution in [0.4, 0.5) is 4.79 Å². The third-order valence-corrected chi connectivity index (χ3v) is 16.3. The molecule has 1 spiro atoms. The summed E-state index contributed by atoms with van der Waals surface area (Å²) in [5.74, 6) is 0.964. The van der Waals surface area contributed by atoms with Gasteiger partial charge in [0.25, 0.3) is 0 Å². The van der Waals surface area contributed by atoms with Crippen molar-refractivity contribution in [3.05, 3.63) is 65.5 Å². The van der Waals surface area contributed by atoms with Gasteiger partial charge in [0.15, 0.2) is 5.58 Å². The second kappa shape index (κ2) is 17.9. The highest BCUT2D eigenvalue weighted by molar-refractivity contribution is 7.19. The Morgan fingerprint density at radius 1 is 0.836 bits per heavy atom. The van der Waals surface area contributed by atoms with Gasteiger partial charge in [-0.05, 0) is 104 Å². The van der Waals surface area contributed by atoms with Gasteiger partial charge in [-0.25, -0.2) is 14.8 Å². The summed E-state index contributed by atoms with van der Waals surface area (Å²) in [7, 11) is 1.31. The summed E-state index contributed by atoms with van der Waals surface area (Å²) in [5.41, 5.74) is 9.47. The zero-order valence-corrected chi connectivity index (χ0v) is 40.1. The van der Waals surface area contributed by atoms with Crippen molar-refractivity contribution in [1.29, 1.82) is 0 Å². The van der Waals surface area contributed by atoms with E-state index in [2.05, 4.69) is 56.1 Å². The zero-order valence-electron chi connectivity index (χ0n) is 39.3. The molecule has 1 saturated carbocycles. The standard InChI is InChI=1S/C51H61N9O6S/c1-7-40(61)57-41(27(2)3)48(62)59-20-10-12-38(59)46-52-26-37(56-46)31-16-15-30(34-25-53-66-43(31)34)45-33-24-51(18-8-9-19-51)23-32(33)44(67-45)29-14-17-35-36(22-29)55-47(54-35)39-13-11-21-60(39)49(63)42(28(4)5)58-50(64)65-6/h14-17,22,25-28,38-39,41-42H,7-13,18-21,23-24H2,1-6H3,(H,52,56)(H,54,55)(H,57,61)(H,58,64)/t38-,39-,41-,42-/m0/s1. The van der Waals surface area contributed by atoms with Crippen LogP contribution in [0.2, 0.25) is 0 Å². The van der Waals surface area contributed by atoms with E-state index in [0.29, 0.717) is 30.9 Å². The van der Waals surface area contributed by atoms with Crippen LogP contribution in [0.1, 0.15) is 127 Å². The average Bonchev–Trinajstić information content (AvgIpc) is 4.18. The number of fused-ring (bicyclic) bond motifs is 3. The van der Waals surface area contributed by atoms with Gasteiger partial charge in [0, 0.05) is 40.4 Å². The van der Waals surface area contributed by atoms with Gasteiger partial charge in [-0.2, -0.15) is 0 Å². The van der Waals surface area contributed by atoms with E-state index < -0.39 is 18.2 Å². The van der Waals surface area contributed by atoms with E-state index in [0.717, 1.165) is 83.2 Å². The molecule has 352 valence electrons. The maximum Gasteiger partial charge on any atom is 0.407 e. The molecule has 4 atom stereocenters. The molecule has 15 nitrogen and oxygen atoms in total. The third-order valence-electron chi connectivity index (χ3n) is 15.0. The van der Waals surface area contributed by atoms with E-state index in [1.54, 1.807) is 6.92 Å². The van der Waals surface area contributed by atoms with Crippen molar-refractivity contribution in [2.45, 2.75) is 129 Å². The van der Waals surface area contributed by atoms with Gasteiger partial charge >= 0.3 is 6.09 Å². The van der Waals surface area contributed by atoms with Crippen molar-refractivity contribution in [1.82, 2.24) is 45.5 Å². The summed E-state index contributed by atoms with van der Waals surface area (Å²) in [4.78, 5) is 75.6. The molecule has 0 unspecified atom stereocenters. The number of hydrogen-bond donors (Lipinski definition) is 4. The fourth-order valence-corrected chi connectivity index (χ4v) is 12.8. The van der Waals surface area contributed by atoms with E-state index in [4.69, 9.17) is 19.2 Å². The lowest BCUT2D eigenvalue weighted by Crippen LogP contribution is -2.51. The number of hydrogen-bond acceptors (Lipinski definition) is 10. The molecule has 16 heteroatoms. The fraction of sp³-hybridized carbons (Fsp3) is 0.510. The Kier molecular flexibility index (Phi) is 12.0.